The first-order valence-corrected chi connectivity index (χ1v) is 5.88. The first-order valence-electron chi connectivity index (χ1n) is 5.00. The molecule has 0 N–H and O–H groups in total. The van der Waals surface area contributed by atoms with E-state index in [-0.39, 0.29) is 0 Å². The zero-order chi connectivity index (χ0) is 12.8. The summed E-state index contributed by atoms with van der Waals surface area (Å²) in [5.41, 5.74) is -0.390. The monoisotopic (exact) mass is 253 g/mol. The molecular weight excluding hydrogens is 242 g/mol. The van der Waals surface area contributed by atoms with Gasteiger partial charge in [-0.25, -0.2) is 9.69 Å². The maximum absolute atomic E-state index is 11.8. The lowest BCUT2D eigenvalue weighted by Gasteiger charge is -2.22. The van der Waals surface area contributed by atoms with Gasteiger partial charge in [0.1, 0.15) is 10.5 Å². The van der Waals surface area contributed by atoms with Crippen LogP contribution in [0.5, 0.6) is 0 Å². The highest BCUT2D eigenvalue weighted by Gasteiger charge is 2.42. The number of nitrogens with zero attached hydrogens (tertiary/aromatic N) is 1. The predicted molar refractivity (Wildman–Crippen MR) is 62.4 cm³/mol. The Kier molecular flexibility index (Phi) is 2.54. The summed E-state index contributed by atoms with van der Waals surface area (Å²) in [4.78, 5) is 36.1. The molecule has 0 unspecified atom stereocenters. The second-order valence-electron chi connectivity index (χ2n) is 4.58. The van der Waals surface area contributed by atoms with Gasteiger partial charge in [0.2, 0.25) is 0 Å². The van der Waals surface area contributed by atoms with Gasteiger partial charge in [0.25, 0.3) is 5.78 Å². The van der Waals surface area contributed by atoms with Crippen molar-refractivity contribution in [1.82, 2.24) is 0 Å². The van der Waals surface area contributed by atoms with E-state index in [1.54, 1.807) is 32.2 Å². The van der Waals surface area contributed by atoms with Crippen molar-refractivity contribution in [2.45, 2.75) is 26.4 Å². The summed E-state index contributed by atoms with van der Waals surface area (Å²) in [6.45, 7) is 5.09. The first-order chi connectivity index (χ1) is 7.81. The highest BCUT2D eigenvalue weighted by atomic mass is 32.1. The molecule has 2 rings (SSSR count). The Morgan fingerprint density at radius 3 is 2.59 bits per heavy atom. The Balaban J connectivity index is 2.32. The Labute approximate surface area is 102 Å². The van der Waals surface area contributed by atoms with Crippen molar-refractivity contribution in [3.8, 4) is 0 Å². The average molecular weight is 253 g/mol. The van der Waals surface area contributed by atoms with Gasteiger partial charge in [-0.2, -0.15) is 0 Å². The molecule has 1 aliphatic rings. The van der Waals surface area contributed by atoms with Crippen molar-refractivity contribution in [3.05, 3.63) is 16.3 Å². The molecule has 1 aromatic rings. The maximum atomic E-state index is 11.8. The van der Waals surface area contributed by atoms with Gasteiger partial charge in [-0.15, -0.1) is 11.3 Å². The van der Waals surface area contributed by atoms with E-state index >= 15 is 0 Å². The lowest BCUT2D eigenvalue weighted by molar-refractivity contribution is -0.114. The molecule has 0 saturated carbocycles. The number of fused-ring (bicyclic) bond motifs is 1. The number of imide groups is 1. The fourth-order valence-electron chi connectivity index (χ4n) is 1.45. The van der Waals surface area contributed by atoms with Crippen LogP contribution in [0, 0.1) is 0 Å². The largest absolute Gasteiger partial charge is 0.443 e. The number of ether oxygens (including phenoxy) is 1. The van der Waals surface area contributed by atoms with Gasteiger partial charge in [-0.1, -0.05) is 0 Å². The van der Waals surface area contributed by atoms with Crippen molar-refractivity contribution in [1.29, 1.82) is 0 Å². The molecule has 0 atom stereocenters. The number of hydrogen-bond acceptors (Lipinski definition) is 5. The summed E-state index contributed by atoms with van der Waals surface area (Å²) in [5.74, 6) is -1.50. The molecule has 1 aromatic heterocycles. The van der Waals surface area contributed by atoms with Crippen molar-refractivity contribution < 1.29 is 19.1 Å². The van der Waals surface area contributed by atoms with Gasteiger partial charge in [-0.05, 0) is 32.2 Å². The molecule has 2 amide bonds. The van der Waals surface area contributed by atoms with Crippen LogP contribution >= 0.6 is 11.3 Å². The van der Waals surface area contributed by atoms with Crippen LogP contribution in [0.2, 0.25) is 0 Å². The van der Waals surface area contributed by atoms with Crippen LogP contribution in [0.4, 0.5) is 10.5 Å². The fourth-order valence-corrected chi connectivity index (χ4v) is 2.25. The number of Topliss-reactive ketones (excluding diaryl/α,β-unsaturated/α-hetero) is 1. The molecular formula is C11H11NO4S. The molecule has 0 aromatic carbocycles. The average Bonchev–Trinajstić information content (AvgIpc) is 2.69. The van der Waals surface area contributed by atoms with Gasteiger partial charge in [0.05, 0.1) is 5.69 Å². The summed E-state index contributed by atoms with van der Waals surface area (Å²) in [6.07, 6.45) is -0.812. The van der Waals surface area contributed by atoms with Crippen LogP contribution in [0.15, 0.2) is 11.4 Å². The van der Waals surface area contributed by atoms with E-state index < -0.39 is 23.4 Å². The van der Waals surface area contributed by atoms with Gasteiger partial charge in [0, 0.05) is 0 Å². The smallest absolute Gasteiger partial charge is 0.422 e. The van der Waals surface area contributed by atoms with E-state index in [2.05, 4.69) is 0 Å². The number of carbonyl (C=O) groups is 3. The molecule has 0 spiro atoms. The minimum absolute atomic E-state index is 0.292. The minimum atomic E-state index is -0.846. The maximum Gasteiger partial charge on any atom is 0.422 e. The third kappa shape index (κ3) is 1.95. The van der Waals surface area contributed by atoms with Crippen LogP contribution in [0.25, 0.3) is 0 Å². The van der Waals surface area contributed by atoms with E-state index in [9.17, 15) is 14.4 Å². The number of amides is 2. The summed E-state index contributed by atoms with van der Waals surface area (Å²) in [7, 11) is 0. The molecule has 90 valence electrons. The minimum Gasteiger partial charge on any atom is -0.443 e. The van der Waals surface area contributed by atoms with Crippen LogP contribution in [0.1, 0.15) is 30.4 Å². The van der Waals surface area contributed by atoms with Crippen LogP contribution in [0.3, 0.4) is 0 Å². The van der Waals surface area contributed by atoms with E-state index in [1.807, 2.05) is 0 Å². The third-order valence-electron chi connectivity index (χ3n) is 2.06. The molecule has 2 heterocycles. The molecule has 0 radical (unpaired) electrons. The molecule has 1 aliphatic heterocycles. The first kappa shape index (κ1) is 11.8. The van der Waals surface area contributed by atoms with Gasteiger partial charge < -0.3 is 4.74 Å². The number of thiophene rings is 1. The van der Waals surface area contributed by atoms with Crippen LogP contribution < -0.4 is 4.90 Å². The lowest BCUT2D eigenvalue weighted by Crippen LogP contribution is -2.40. The fraction of sp³-hybridized carbons (Fsp3) is 0.364. The topological polar surface area (TPSA) is 63.7 Å². The Hall–Kier alpha value is -1.69. The molecule has 5 nitrogen and oxygen atoms in total. The highest BCUT2D eigenvalue weighted by molar-refractivity contribution is 7.14. The van der Waals surface area contributed by atoms with Crippen molar-refractivity contribution >= 4 is 34.8 Å². The summed E-state index contributed by atoms with van der Waals surface area (Å²) in [5, 5.41) is 1.66. The predicted octanol–water partition coefficient (Wildman–Crippen LogP) is 2.21. The Morgan fingerprint density at radius 2 is 2.00 bits per heavy atom. The molecule has 0 aliphatic carbocycles. The lowest BCUT2D eigenvalue weighted by atomic mass is 10.2. The molecule has 0 saturated heterocycles. The van der Waals surface area contributed by atoms with Crippen molar-refractivity contribution in [2.24, 2.45) is 0 Å². The molecule has 0 bridgehead atoms. The van der Waals surface area contributed by atoms with E-state index in [0.29, 0.717) is 10.6 Å². The Morgan fingerprint density at radius 1 is 1.35 bits per heavy atom. The number of rotatable bonds is 0. The number of carbonyl (C=O) groups excluding carboxylic acids is 3. The summed E-state index contributed by atoms with van der Waals surface area (Å²) < 4.78 is 5.09. The number of hydrogen-bond donors (Lipinski definition) is 0. The zero-order valence-corrected chi connectivity index (χ0v) is 10.5. The highest BCUT2D eigenvalue weighted by Crippen LogP contribution is 2.34. The standard InChI is InChI=1S/C11H11NO4S/c1-11(2,3)16-10(15)12-6-4-5-17-8(6)7(13)9(12)14/h4-5H,1-3H3. The van der Waals surface area contributed by atoms with Crippen LogP contribution in [-0.2, 0) is 9.53 Å². The number of ketones is 1. The van der Waals surface area contributed by atoms with Gasteiger partial charge in [-0.3, -0.25) is 9.59 Å². The Bertz CT molecular complexity index is 512. The normalized spacial score (nSPS) is 15.1. The SMILES string of the molecule is CC(C)(C)OC(=O)N1C(=O)C(=O)c2sccc21. The van der Waals surface area contributed by atoms with Crippen molar-refractivity contribution in [2.75, 3.05) is 4.90 Å². The quantitative estimate of drug-likeness (QED) is 0.665. The third-order valence-corrected chi connectivity index (χ3v) is 2.97. The van der Waals surface area contributed by atoms with Crippen LogP contribution in [-0.4, -0.2) is 23.4 Å². The van der Waals surface area contributed by atoms with E-state index in [0.717, 1.165) is 16.2 Å². The number of anilines is 1. The van der Waals surface area contributed by atoms with Crippen molar-refractivity contribution in [3.63, 3.8) is 0 Å². The van der Waals surface area contributed by atoms with Gasteiger partial charge in [0.15, 0.2) is 0 Å². The second kappa shape index (κ2) is 3.66. The molecule has 0 fully saturated rings. The summed E-state index contributed by atoms with van der Waals surface area (Å²) >= 11 is 1.14. The second-order valence-corrected chi connectivity index (χ2v) is 5.50. The molecule has 6 heteroatoms. The van der Waals surface area contributed by atoms with E-state index in [4.69, 9.17) is 4.74 Å². The van der Waals surface area contributed by atoms with E-state index in [1.165, 1.54) is 0 Å². The van der Waals surface area contributed by atoms with Gasteiger partial charge >= 0.3 is 12.0 Å². The zero-order valence-electron chi connectivity index (χ0n) is 9.64. The summed E-state index contributed by atoms with van der Waals surface area (Å²) in [6, 6.07) is 1.56. The molecule has 17 heavy (non-hydrogen) atoms.